The van der Waals surface area contributed by atoms with Crippen molar-refractivity contribution in [1.29, 1.82) is 0 Å². The molecule has 2 aliphatic heterocycles. The van der Waals surface area contributed by atoms with E-state index in [0.29, 0.717) is 12.1 Å². The van der Waals surface area contributed by atoms with E-state index in [0.717, 1.165) is 17.7 Å². The third kappa shape index (κ3) is 3.61. The predicted molar refractivity (Wildman–Crippen MR) is 112 cm³/mol. The molecule has 2 aliphatic rings. The summed E-state index contributed by atoms with van der Waals surface area (Å²) in [6, 6.07) is 18.2. The van der Waals surface area contributed by atoms with E-state index in [1.54, 1.807) is 0 Å². The summed E-state index contributed by atoms with van der Waals surface area (Å²) >= 11 is 0. The van der Waals surface area contributed by atoms with Crippen LogP contribution in [0.5, 0.6) is 0 Å². The molecule has 0 bridgehead atoms. The molecule has 0 saturated carbocycles. The number of benzene rings is 3. The van der Waals surface area contributed by atoms with Crippen molar-refractivity contribution in [2.24, 2.45) is 0 Å². The third-order valence-corrected chi connectivity index (χ3v) is 5.83. The quantitative estimate of drug-likeness (QED) is 0.553. The fraction of sp³-hybridized carbons (Fsp3) is 0.200. The minimum Gasteiger partial charge on any atom is -0.338 e. The summed E-state index contributed by atoms with van der Waals surface area (Å²) in [6.07, 6.45) is -4.59. The minimum atomic E-state index is -4.68. The van der Waals surface area contributed by atoms with Gasteiger partial charge in [0.1, 0.15) is 0 Å². The summed E-state index contributed by atoms with van der Waals surface area (Å²) in [5.74, 6) is -3.14. The number of fused-ring (bicyclic) bond motifs is 2. The van der Waals surface area contributed by atoms with Crippen molar-refractivity contribution in [1.82, 2.24) is 0 Å². The molecule has 5 nitrogen and oxygen atoms in total. The van der Waals surface area contributed by atoms with Crippen LogP contribution in [-0.2, 0) is 26.2 Å². The van der Waals surface area contributed by atoms with Gasteiger partial charge in [-0.15, -0.1) is 0 Å². The number of rotatable bonds is 3. The van der Waals surface area contributed by atoms with Gasteiger partial charge in [-0.1, -0.05) is 48.5 Å². The van der Waals surface area contributed by atoms with Gasteiger partial charge in [0.05, 0.1) is 24.0 Å². The Morgan fingerprint density at radius 2 is 1.73 bits per heavy atom. The minimum absolute atomic E-state index is 0.00430. The monoisotopic (exact) mass is 453 g/mol. The maximum Gasteiger partial charge on any atom is 0.417 e. The summed E-state index contributed by atoms with van der Waals surface area (Å²) < 4.78 is 52.3. The highest BCUT2D eigenvalue weighted by Crippen LogP contribution is 2.47. The fourth-order valence-electron chi connectivity index (χ4n) is 4.24. The van der Waals surface area contributed by atoms with Crippen molar-refractivity contribution in [3.8, 4) is 0 Å². The smallest absolute Gasteiger partial charge is 0.338 e. The van der Waals surface area contributed by atoms with Crippen LogP contribution in [0.2, 0.25) is 0 Å². The second-order valence-electron chi connectivity index (χ2n) is 7.86. The van der Waals surface area contributed by atoms with Crippen LogP contribution in [0.15, 0.2) is 72.8 Å². The average molecular weight is 453 g/mol. The zero-order valence-corrected chi connectivity index (χ0v) is 17.2. The van der Waals surface area contributed by atoms with Gasteiger partial charge in [0, 0.05) is 23.1 Å². The van der Waals surface area contributed by atoms with Gasteiger partial charge in [0.25, 0.3) is 11.7 Å². The molecule has 1 saturated heterocycles. The largest absolute Gasteiger partial charge is 0.417 e. The normalized spacial score (nSPS) is 22.2. The molecule has 1 spiro atoms. The van der Waals surface area contributed by atoms with E-state index in [4.69, 9.17) is 9.47 Å². The Balaban J connectivity index is 1.54. The lowest BCUT2D eigenvalue weighted by Gasteiger charge is -2.37. The van der Waals surface area contributed by atoms with Crippen LogP contribution in [0.25, 0.3) is 0 Å². The summed E-state index contributed by atoms with van der Waals surface area (Å²) in [6.45, 7) is 0.224. The maximum absolute atomic E-state index is 13.4. The van der Waals surface area contributed by atoms with Crippen LogP contribution >= 0.6 is 0 Å². The molecule has 0 radical (unpaired) electrons. The first-order chi connectivity index (χ1) is 15.8. The Labute approximate surface area is 187 Å². The molecule has 5 rings (SSSR count). The zero-order valence-electron chi connectivity index (χ0n) is 17.2. The lowest BCUT2D eigenvalue weighted by molar-refractivity contribution is -0.282. The number of ketones is 1. The fourth-order valence-corrected chi connectivity index (χ4v) is 4.24. The van der Waals surface area contributed by atoms with Gasteiger partial charge in [0.2, 0.25) is 0 Å². The van der Waals surface area contributed by atoms with Crippen molar-refractivity contribution in [3.63, 3.8) is 0 Å². The number of halogens is 3. The van der Waals surface area contributed by atoms with E-state index in [2.05, 4.69) is 5.32 Å². The molecule has 0 aromatic heterocycles. The van der Waals surface area contributed by atoms with Gasteiger partial charge >= 0.3 is 6.18 Å². The molecule has 2 atom stereocenters. The number of alkyl halides is 3. The molecule has 2 heterocycles. The molecule has 3 aromatic carbocycles. The Kier molecular flexibility index (Phi) is 5.07. The molecule has 8 heteroatoms. The predicted octanol–water partition coefficient (Wildman–Crippen LogP) is 5.22. The lowest BCUT2D eigenvalue weighted by atomic mass is 9.94. The number of amides is 1. The van der Waals surface area contributed by atoms with Crippen molar-refractivity contribution >= 4 is 17.4 Å². The van der Waals surface area contributed by atoms with E-state index >= 15 is 0 Å². The van der Waals surface area contributed by atoms with Crippen LogP contribution in [0, 0.1) is 0 Å². The van der Waals surface area contributed by atoms with Crippen LogP contribution in [0.4, 0.5) is 18.9 Å². The number of anilines is 1. The first-order valence-corrected chi connectivity index (χ1v) is 10.3. The van der Waals surface area contributed by atoms with Crippen LogP contribution in [-0.4, -0.2) is 18.3 Å². The Morgan fingerprint density at radius 1 is 1.00 bits per heavy atom. The average Bonchev–Trinajstić information content (AvgIpc) is 3.08. The molecule has 3 aromatic rings. The number of hydrogen-bond donors (Lipinski definition) is 1. The summed E-state index contributed by atoms with van der Waals surface area (Å²) in [4.78, 5) is 26.0. The van der Waals surface area contributed by atoms with Crippen LogP contribution in [0.3, 0.4) is 0 Å². The highest BCUT2D eigenvalue weighted by atomic mass is 19.4. The van der Waals surface area contributed by atoms with Gasteiger partial charge in [-0.05, 0) is 29.8 Å². The van der Waals surface area contributed by atoms with Crippen molar-refractivity contribution < 1.29 is 32.2 Å². The third-order valence-electron chi connectivity index (χ3n) is 5.83. The second kappa shape index (κ2) is 7.83. The van der Waals surface area contributed by atoms with Crippen LogP contribution < -0.4 is 5.32 Å². The zero-order chi connectivity index (χ0) is 23.2. The van der Waals surface area contributed by atoms with Gasteiger partial charge in [0.15, 0.2) is 5.78 Å². The highest BCUT2D eigenvalue weighted by molar-refractivity contribution is 6.12. The molecule has 0 aliphatic carbocycles. The standard InChI is InChI=1S/C25H18F3NO4/c26-25(27,28)18-9-5-4-8-17(18)22(30)16-10-11-20-19(14-16)24(23(31)29-20)32-13-12-21(33-24)15-6-2-1-3-7-15/h1-11,14,21H,12-13H2,(H,29,31)/t21?,24-/m1/s1. The molecule has 1 amide bonds. The molecular formula is C25H18F3NO4. The first kappa shape index (κ1) is 21.4. The SMILES string of the molecule is O=C(c1ccc2c(c1)[C@]1(OCCC(c3ccccc3)O1)C(=O)N2)c1ccccc1C(F)(F)F. The topological polar surface area (TPSA) is 64.6 Å². The first-order valence-electron chi connectivity index (χ1n) is 10.3. The molecule has 1 N–H and O–H groups in total. The number of ether oxygens (including phenoxy) is 2. The van der Waals surface area contributed by atoms with E-state index in [9.17, 15) is 22.8 Å². The Hall–Kier alpha value is -3.49. The number of carbonyl (C=O) groups is 2. The van der Waals surface area contributed by atoms with Gasteiger partial charge in [-0.2, -0.15) is 13.2 Å². The molecular weight excluding hydrogens is 435 g/mol. The van der Waals surface area contributed by atoms with E-state index in [1.165, 1.54) is 30.3 Å². The lowest BCUT2D eigenvalue weighted by Crippen LogP contribution is -2.44. The van der Waals surface area contributed by atoms with Gasteiger partial charge < -0.3 is 14.8 Å². The van der Waals surface area contributed by atoms with Crippen molar-refractivity contribution in [2.75, 3.05) is 11.9 Å². The molecule has 168 valence electrons. The second-order valence-corrected chi connectivity index (χ2v) is 7.86. The van der Waals surface area contributed by atoms with E-state index in [-0.39, 0.29) is 17.7 Å². The van der Waals surface area contributed by atoms with E-state index in [1.807, 2.05) is 30.3 Å². The van der Waals surface area contributed by atoms with Crippen molar-refractivity contribution in [2.45, 2.75) is 24.5 Å². The van der Waals surface area contributed by atoms with Crippen LogP contribution in [0.1, 0.15) is 45.1 Å². The summed E-state index contributed by atoms with van der Waals surface area (Å²) in [7, 11) is 0. The number of carbonyl (C=O) groups excluding carboxylic acids is 2. The number of hydrogen-bond acceptors (Lipinski definition) is 4. The Bertz CT molecular complexity index is 1240. The highest BCUT2D eigenvalue weighted by Gasteiger charge is 2.53. The van der Waals surface area contributed by atoms with Crippen molar-refractivity contribution in [3.05, 3.63) is 101 Å². The summed E-state index contributed by atoms with van der Waals surface area (Å²) in [5.41, 5.74) is 0.0265. The van der Waals surface area contributed by atoms with Gasteiger partial charge in [-0.25, -0.2) is 0 Å². The number of nitrogens with one attached hydrogen (secondary N) is 1. The molecule has 33 heavy (non-hydrogen) atoms. The maximum atomic E-state index is 13.4. The molecule has 1 fully saturated rings. The van der Waals surface area contributed by atoms with E-state index < -0.39 is 40.9 Å². The van der Waals surface area contributed by atoms with Gasteiger partial charge in [-0.3, -0.25) is 9.59 Å². The Morgan fingerprint density at radius 3 is 2.48 bits per heavy atom. The summed E-state index contributed by atoms with van der Waals surface area (Å²) in [5, 5.41) is 2.69. The molecule has 1 unspecified atom stereocenters.